The fourth-order valence-electron chi connectivity index (χ4n) is 1.85. The number of hydrogen-bond acceptors (Lipinski definition) is 2. The summed E-state index contributed by atoms with van der Waals surface area (Å²) >= 11 is 0. The fraction of sp³-hybridized carbons (Fsp3) is 0.250. The SMILES string of the molecule is CC(C)c1ccc(O)c(NCc2ccccc2)c1. The van der Waals surface area contributed by atoms with E-state index in [1.165, 1.54) is 11.1 Å². The van der Waals surface area contributed by atoms with Crippen molar-refractivity contribution in [2.75, 3.05) is 5.32 Å². The lowest BCUT2D eigenvalue weighted by atomic mass is 10.0. The number of nitrogens with one attached hydrogen (secondary N) is 1. The van der Waals surface area contributed by atoms with Crippen LogP contribution in [0.25, 0.3) is 0 Å². The molecule has 2 rings (SSSR count). The molecule has 0 bridgehead atoms. The molecule has 0 unspecified atom stereocenters. The predicted octanol–water partition coefficient (Wildman–Crippen LogP) is 4.13. The molecule has 0 aromatic heterocycles. The minimum atomic E-state index is 0.301. The predicted molar refractivity (Wildman–Crippen MR) is 76.0 cm³/mol. The van der Waals surface area contributed by atoms with Crippen LogP contribution in [0.2, 0.25) is 0 Å². The molecule has 2 aromatic carbocycles. The zero-order chi connectivity index (χ0) is 13.0. The third-order valence-electron chi connectivity index (χ3n) is 3.01. The van der Waals surface area contributed by atoms with Crippen LogP contribution in [-0.2, 0) is 6.54 Å². The monoisotopic (exact) mass is 241 g/mol. The molecule has 18 heavy (non-hydrogen) atoms. The average molecular weight is 241 g/mol. The quantitative estimate of drug-likeness (QED) is 0.789. The molecular formula is C16H19NO. The van der Waals surface area contributed by atoms with Gasteiger partial charge in [-0.25, -0.2) is 0 Å². The second-order valence-electron chi connectivity index (χ2n) is 4.77. The van der Waals surface area contributed by atoms with Crippen LogP contribution < -0.4 is 5.32 Å². The average Bonchev–Trinajstić information content (AvgIpc) is 2.38. The van der Waals surface area contributed by atoms with E-state index < -0.39 is 0 Å². The normalized spacial score (nSPS) is 10.6. The van der Waals surface area contributed by atoms with Gasteiger partial charge in [0, 0.05) is 6.54 Å². The van der Waals surface area contributed by atoms with E-state index in [1.807, 2.05) is 30.3 Å². The van der Waals surface area contributed by atoms with Gasteiger partial charge < -0.3 is 10.4 Å². The van der Waals surface area contributed by atoms with Gasteiger partial charge in [-0.1, -0.05) is 50.2 Å². The van der Waals surface area contributed by atoms with Gasteiger partial charge in [0.25, 0.3) is 0 Å². The number of benzene rings is 2. The Morgan fingerprint density at radius 2 is 1.78 bits per heavy atom. The molecule has 0 aliphatic rings. The molecule has 0 spiro atoms. The second-order valence-corrected chi connectivity index (χ2v) is 4.77. The van der Waals surface area contributed by atoms with Crippen molar-refractivity contribution in [1.29, 1.82) is 0 Å². The van der Waals surface area contributed by atoms with E-state index in [2.05, 4.69) is 31.3 Å². The first-order valence-corrected chi connectivity index (χ1v) is 6.27. The van der Waals surface area contributed by atoms with Crippen LogP contribution in [0.4, 0.5) is 5.69 Å². The minimum Gasteiger partial charge on any atom is -0.506 e. The lowest BCUT2D eigenvalue weighted by molar-refractivity contribution is 0.477. The molecule has 94 valence electrons. The highest BCUT2D eigenvalue weighted by atomic mass is 16.3. The lowest BCUT2D eigenvalue weighted by Crippen LogP contribution is -2.00. The highest BCUT2D eigenvalue weighted by Crippen LogP contribution is 2.27. The number of aromatic hydroxyl groups is 1. The van der Waals surface area contributed by atoms with Crippen LogP contribution in [0.3, 0.4) is 0 Å². The van der Waals surface area contributed by atoms with E-state index in [4.69, 9.17) is 0 Å². The first-order chi connectivity index (χ1) is 8.66. The van der Waals surface area contributed by atoms with E-state index in [-0.39, 0.29) is 0 Å². The summed E-state index contributed by atoms with van der Waals surface area (Å²) < 4.78 is 0. The third-order valence-corrected chi connectivity index (χ3v) is 3.01. The summed E-state index contributed by atoms with van der Waals surface area (Å²) in [5, 5.41) is 13.1. The van der Waals surface area contributed by atoms with Crippen LogP contribution in [0.5, 0.6) is 5.75 Å². The van der Waals surface area contributed by atoms with Crippen LogP contribution in [0, 0.1) is 0 Å². The maximum atomic E-state index is 9.83. The molecule has 0 saturated heterocycles. The molecule has 0 radical (unpaired) electrons. The smallest absolute Gasteiger partial charge is 0.138 e. The van der Waals surface area contributed by atoms with Gasteiger partial charge in [0.1, 0.15) is 5.75 Å². The van der Waals surface area contributed by atoms with Gasteiger partial charge in [-0.3, -0.25) is 0 Å². The van der Waals surface area contributed by atoms with Gasteiger partial charge in [0.15, 0.2) is 0 Å². The maximum Gasteiger partial charge on any atom is 0.138 e. The number of rotatable bonds is 4. The molecule has 2 aromatic rings. The third kappa shape index (κ3) is 3.04. The molecule has 2 nitrogen and oxygen atoms in total. The first-order valence-electron chi connectivity index (χ1n) is 6.27. The Bertz CT molecular complexity index is 506. The Balaban J connectivity index is 2.11. The van der Waals surface area contributed by atoms with Crippen LogP contribution in [0.1, 0.15) is 30.9 Å². The Morgan fingerprint density at radius 1 is 1.06 bits per heavy atom. The Hall–Kier alpha value is -1.96. The first kappa shape index (κ1) is 12.5. The van der Waals surface area contributed by atoms with Gasteiger partial charge in [-0.15, -0.1) is 0 Å². The van der Waals surface area contributed by atoms with Crippen molar-refractivity contribution in [2.45, 2.75) is 26.3 Å². The molecule has 0 atom stereocenters. The number of phenolic OH excluding ortho intramolecular Hbond substituents is 1. The molecule has 0 aliphatic carbocycles. The summed E-state index contributed by atoms with van der Waals surface area (Å²) in [6, 6.07) is 15.9. The van der Waals surface area contributed by atoms with Crippen LogP contribution >= 0.6 is 0 Å². The topological polar surface area (TPSA) is 32.3 Å². The zero-order valence-electron chi connectivity index (χ0n) is 10.9. The number of anilines is 1. The fourth-order valence-corrected chi connectivity index (χ4v) is 1.85. The Morgan fingerprint density at radius 3 is 2.44 bits per heavy atom. The molecule has 2 heteroatoms. The molecule has 2 N–H and O–H groups in total. The van der Waals surface area contributed by atoms with E-state index in [0.29, 0.717) is 11.7 Å². The summed E-state index contributed by atoms with van der Waals surface area (Å²) in [4.78, 5) is 0. The van der Waals surface area contributed by atoms with Crippen molar-refractivity contribution in [2.24, 2.45) is 0 Å². The van der Waals surface area contributed by atoms with Crippen LogP contribution in [0.15, 0.2) is 48.5 Å². The molecule has 0 aliphatic heterocycles. The van der Waals surface area contributed by atoms with Gasteiger partial charge in [-0.2, -0.15) is 0 Å². The van der Waals surface area contributed by atoms with E-state index in [1.54, 1.807) is 6.07 Å². The highest BCUT2D eigenvalue weighted by molar-refractivity contribution is 5.57. The molecule has 0 heterocycles. The number of phenols is 1. The number of hydrogen-bond donors (Lipinski definition) is 2. The summed E-state index contributed by atoms with van der Waals surface area (Å²) in [6.07, 6.45) is 0. The zero-order valence-corrected chi connectivity index (χ0v) is 10.9. The Kier molecular flexibility index (Phi) is 3.88. The van der Waals surface area contributed by atoms with Gasteiger partial charge in [0.05, 0.1) is 5.69 Å². The van der Waals surface area contributed by atoms with E-state index in [9.17, 15) is 5.11 Å². The lowest BCUT2D eigenvalue weighted by Gasteiger charge is -2.12. The molecule has 0 amide bonds. The van der Waals surface area contributed by atoms with E-state index >= 15 is 0 Å². The second kappa shape index (κ2) is 5.58. The van der Waals surface area contributed by atoms with Crippen molar-refractivity contribution in [3.8, 4) is 5.75 Å². The minimum absolute atomic E-state index is 0.301. The van der Waals surface area contributed by atoms with Crippen molar-refractivity contribution in [3.63, 3.8) is 0 Å². The summed E-state index contributed by atoms with van der Waals surface area (Å²) in [5.41, 5.74) is 3.22. The van der Waals surface area contributed by atoms with Crippen LogP contribution in [-0.4, -0.2) is 5.11 Å². The molecular weight excluding hydrogens is 222 g/mol. The summed E-state index contributed by atoms with van der Waals surface area (Å²) in [5.74, 6) is 0.762. The standard InChI is InChI=1S/C16H19NO/c1-12(2)14-8-9-16(18)15(10-14)17-11-13-6-4-3-5-7-13/h3-10,12,17-18H,11H2,1-2H3. The van der Waals surface area contributed by atoms with E-state index in [0.717, 1.165) is 12.2 Å². The summed E-state index contributed by atoms with van der Waals surface area (Å²) in [7, 11) is 0. The highest BCUT2D eigenvalue weighted by Gasteiger charge is 2.05. The van der Waals surface area contributed by atoms with Crippen molar-refractivity contribution in [3.05, 3.63) is 59.7 Å². The molecule has 0 saturated carbocycles. The van der Waals surface area contributed by atoms with Gasteiger partial charge in [0.2, 0.25) is 0 Å². The van der Waals surface area contributed by atoms with Crippen molar-refractivity contribution in [1.82, 2.24) is 0 Å². The Labute approximate surface area is 108 Å². The van der Waals surface area contributed by atoms with Crippen molar-refractivity contribution < 1.29 is 5.11 Å². The largest absolute Gasteiger partial charge is 0.506 e. The molecule has 0 fully saturated rings. The van der Waals surface area contributed by atoms with Crippen molar-refractivity contribution >= 4 is 5.69 Å². The van der Waals surface area contributed by atoms with Gasteiger partial charge in [-0.05, 0) is 29.2 Å². The summed E-state index contributed by atoms with van der Waals surface area (Å²) in [6.45, 7) is 5.01. The maximum absolute atomic E-state index is 9.83. The van der Waals surface area contributed by atoms with Gasteiger partial charge >= 0.3 is 0 Å².